The van der Waals surface area contributed by atoms with Gasteiger partial charge in [-0.2, -0.15) is 0 Å². The Balaban J connectivity index is 2.67. The molecule has 0 radical (unpaired) electrons. The highest BCUT2D eigenvalue weighted by Crippen LogP contribution is 2.25. The molecule has 0 bridgehead atoms. The summed E-state index contributed by atoms with van der Waals surface area (Å²) in [5.41, 5.74) is 5.88. The van der Waals surface area contributed by atoms with E-state index in [9.17, 15) is 14.4 Å². The van der Waals surface area contributed by atoms with Crippen LogP contribution in [0.3, 0.4) is 0 Å². The van der Waals surface area contributed by atoms with Crippen LogP contribution in [-0.2, 0) is 14.3 Å². The van der Waals surface area contributed by atoms with Crippen LogP contribution >= 0.6 is 0 Å². The van der Waals surface area contributed by atoms with Crippen LogP contribution in [0.1, 0.15) is 39.2 Å². The van der Waals surface area contributed by atoms with E-state index >= 15 is 0 Å². The zero-order chi connectivity index (χ0) is 18.3. The molecule has 7 heteroatoms. The van der Waals surface area contributed by atoms with Crippen molar-refractivity contribution in [3.8, 4) is 5.75 Å². The van der Waals surface area contributed by atoms with Crippen molar-refractivity contribution in [1.82, 2.24) is 5.32 Å². The normalized spacial score (nSPS) is 11.9. The lowest BCUT2D eigenvalue weighted by Gasteiger charge is -2.20. The van der Waals surface area contributed by atoms with Crippen molar-refractivity contribution in [2.45, 2.75) is 39.7 Å². The molecule has 0 aliphatic rings. The van der Waals surface area contributed by atoms with E-state index in [2.05, 4.69) is 0 Å². The summed E-state index contributed by atoms with van der Waals surface area (Å²) in [6.45, 7) is 7.07. The molecule has 0 saturated heterocycles. The Morgan fingerprint density at radius 1 is 1.12 bits per heavy atom. The monoisotopic (exact) mass is 336 g/mol. The van der Waals surface area contributed by atoms with Crippen LogP contribution < -0.4 is 15.8 Å². The van der Waals surface area contributed by atoms with Crippen molar-refractivity contribution in [3.63, 3.8) is 0 Å². The number of nitrogens with two attached hydrogens (primary N) is 1. The number of benzene rings is 1. The van der Waals surface area contributed by atoms with Crippen molar-refractivity contribution in [1.29, 1.82) is 0 Å². The summed E-state index contributed by atoms with van der Waals surface area (Å²) in [4.78, 5) is 34.5. The summed E-state index contributed by atoms with van der Waals surface area (Å²) in [7, 11) is 0. The van der Waals surface area contributed by atoms with Gasteiger partial charge in [-0.3, -0.25) is 10.1 Å². The number of hydrogen-bond donors (Lipinski definition) is 2. The predicted molar refractivity (Wildman–Crippen MR) is 88.5 cm³/mol. The van der Waals surface area contributed by atoms with Crippen molar-refractivity contribution in [3.05, 3.63) is 29.8 Å². The van der Waals surface area contributed by atoms with Gasteiger partial charge in [0.2, 0.25) is 0 Å². The van der Waals surface area contributed by atoms with Gasteiger partial charge in [0.25, 0.3) is 5.91 Å². The van der Waals surface area contributed by atoms with Crippen molar-refractivity contribution < 1.29 is 23.9 Å². The largest absolute Gasteiger partial charge is 0.482 e. The van der Waals surface area contributed by atoms with Crippen LogP contribution in [0.25, 0.3) is 0 Å². The average Bonchev–Trinajstić information content (AvgIpc) is 2.49. The number of imide groups is 1. The molecule has 3 N–H and O–H groups in total. The van der Waals surface area contributed by atoms with E-state index in [1.54, 1.807) is 19.9 Å². The Hall–Kier alpha value is -2.57. The fraction of sp³-hybridized carbons (Fsp3) is 0.471. The third kappa shape index (κ3) is 5.91. The molecule has 1 atom stereocenters. The van der Waals surface area contributed by atoms with Gasteiger partial charge in [0.05, 0.1) is 0 Å². The molecule has 7 nitrogen and oxygen atoms in total. The number of amides is 3. The van der Waals surface area contributed by atoms with Crippen molar-refractivity contribution in [2.24, 2.45) is 11.7 Å². The first kappa shape index (κ1) is 19.5. The third-order valence-electron chi connectivity index (χ3n) is 3.26. The quantitative estimate of drug-likeness (QED) is 0.740. The van der Waals surface area contributed by atoms with Gasteiger partial charge >= 0.3 is 12.0 Å². The summed E-state index contributed by atoms with van der Waals surface area (Å²) in [6, 6.07) is 6.39. The van der Waals surface area contributed by atoms with Crippen molar-refractivity contribution >= 4 is 17.9 Å². The maximum absolute atomic E-state index is 12.0. The van der Waals surface area contributed by atoms with Crippen molar-refractivity contribution in [2.75, 3.05) is 6.61 Å². The highest BCUT2D eigenvalue weighted by Gasteiger charge is 2.27. The number of carbonyl (C=O) groups is 3. The summed E-state index contributed by atoms with van der Waals surface area (Å²) in [5, 5.41) is 1.91. The first-order valence-corrected chi connectivity index (χ1v) is 7.73. The Kier molecular flexibility index (Phi) is 7.23. The molecule has 24 heavy (non-hydrogen) atoms. The maximum Gasteiger partial charge on any atom is 0.344 e. The minimum absolute atomic E-state index is 0.238. The molecular formula is C17H24N2O5. The number of rotatable bonds is 7. The van der Waals surface area contributed by atoms with Crippen LogP contribution in [0.2, 0.25) is 0 Å². The molecule has 0 aliphatic heterocycles. The van der Waals surface area contributed by atoms with Gasteiger partial charge in [0.1, 0.15) is 5.75 Å². The van der Waals surface area contributed by atoms with E-state index in [4.69, 9.17) is 15.2 Å². The minimum Gasteiger partial charge on any atom is -0.482 e. The molecule has 0 saturated carbocycles. The van der Waals surface area contributed by atoms with E-state index in [0.29, 0.717) is 5.75 Å². The number of nitrogens with one attached hydrogen (secondary N) is 1. The fourth-order valence-corrected chi connectivity index (χ4v) is 2.09. The molecule has 132 valence electrons. The number of esters is 1. The number of urea groups is 1. The first-order valence-electron chi connectivity index (χ1n) is 7.73. The van der Waals surface area contributed by atoms with E-state index in [1.807, 2.05) is 37.4 Å². The summed E-state index contributed by atoms with van der Waals surface area (Å²) in [5.74, 6) is -0.953. The van der Waals surface area contributed by atoms with E-state index in [-0.39, 0.29) is 18.4 Å². The minimum atomic E-state index is -1.12. The highest BCUT2D eigenvalue weighted by molar-refractivity contribution is 5.96. The zero-order valence-corrected chi connectivity index (χ0v) is 14.4. The summed E-state index contributed by atoms with van der Waals surface area (Å²) >= 11 is 0. The molecule has 3 amide bonds. The third-order valence-corrected chi connectivity index (χ3v) is 3.26. The topological polar surface area (TPSA) is 108 Å². The van der Waals surface area contributed by atoms with Gasteiger partial charge < -0.3 is 15.2 Å². The smallest absolute Gasteiger partial charge is 0.344 e. The molecular weight excluding hydrogens is 312 g/mol. The number of para-hydroxylation sites is 1. The molecule has 0 aromatic heterocycles. The molecule has 0 unspecified atom stereocenters. The van der Waals surface area contributed by atoms with Gasteiger partial charge in [-0.15, -0.1) is 0 Å². The molecule has 0 aliphatic carbocycles. The first-order chi connectivity index (χ1) is 11.2. The second-order valence-electron chi connectivity index (χ2n) is 5.99. The van der Waals surface area contributed by atoms with E-state index in [1.165, 1.54) is 0 Å². The second kappa shape index (κ2) is 8.90. The lowest BCUT2D eigenvalue weighted by molar-refractivity contribution is -0.160. The molecule has 1 rings (SSSR count). The van der Waals surface area contributed by atoms with Gasteiger partial charge in [-0.05, 0) is 23.5 Å². The van der Waals surface area contributed by atoms with Crippen LogP contribution in [-0.4, -0.2) is 30.6 Å². The number of carbonyl (C=O) groups excluding carboxylic acids is 3. The Labute approximate surface area is 141 Å². The number of ether oxygens (including phenoxy) is 2. The van der Waals surface area contributed by atoms with E-state index in [0.717, 1.165) is 5.56 Å². The van der Waals surface area contributed by atoms with Crippen LogP contribution in [0.15, 0.2) is 24.3 Å². The van der Waals surface area contributed by atoms with Gasteiger partial charge in [-0.1, -0.05) is 45.9 Å². The molecule has 0 spiro atoms. The van der Waals surface area contributed by atoms with Crippen LogP contribution in [0, 0.1) is 5.92 Å². The van der Waals surface area contributed by atoms with Gasteiger partial charge in [0, 0.05) is 0 Å². The lowest BCUT2D eigenvalue weighted by Crippen LogP contribution is -2.46. The Bertz CT molecular complexity index is 598. The fourth-order valence-electron chi connectivity index (χ4n) is 2.09. The maximum atomic E-state index is 12.0. The average molecular weight is 336 g/mol. The second-order valence-corrected chi connectivity index (χ2v) is 5.99. The summed E-state index contributed by atoms with van der Waals surface area (Å²) < 4.78 is 10.6. The van der Waals surface area contributed by atoms with Gasteiger partial charge in [-0.25, -0.2) is 9.59 Å². The van der Waals surface area contributed by atoms with Gasteiger partial charge in [0.15, 0.2) is 12.7 Å². The number of hydrogen-bond acceptors (Lipinski definition) is 5. The predicted octanol–water partition coefficient (Wildman–Crippen LogP) is 1.95. The molecule has 0 fully saturated rings. The van der Waals surface area contributed by atoms with E-state index < -0.39 is 24.0 Å². The number of primary amides is 1. The molecule has 0 heterocycles. The zero-order valence-electron chi connectivity index (χ0n) is 14.4. The Morgan fingerprint density at radius 2 is 1.75 bits per heavy atom. The standard InChI is InChI=1S/C17H24N2O5/c1-10(2)12-7-5-6-8-13(12)23-9-14(20)24-15(11(3)4)16(21)19-17(18)22/h5-8,10-11,15H,9H2,1-4H3,(H3,18,19,21,22)/t15-/m0/s1. The lowest BCUT2D eigenvalue weighted by atomic mass is 10.0. The van der Waals surface area contributed by atoms with Crippen LogP contribution in [0.4, 0.5) is 4.79 Å². The highest BCUT2D eigenvalue weighted by atomic mass is 16.6. The summed E-state index contributed by atoms with van der Waals surface area (Å²) in [6.07, 6.45) is -1.12. The Morgan fingerprint density at radius 3 is 2.29 bits per heavy atom. The van der Waals surface area contributed by atoms with Crippen LogP contribution in [0.5, 0.6) is 5.75 Å². The molecule has 1 aromatic rings. The SMILES string of the molecule is CC(C)c1ccccc1OCC(=O)O[C@H](C(=O)NC(N)=O)C(C)C. The molecule has 1 aromatic carbocycles.